The van der Waals surface area contributed by atoms with Crippen molar-refractivity contribution in [3.63, 3.8) is 0 Å². The molecule has 0 spiro atoms. The zero-order chi connectivity index (χ0) is 32.8. The SMILES string of the molecule is COc1ccc2c(OCCC3CC(C(=O)O)N(C(=O)C(CC(=O)N4CCCCC4)CC(C)(C)C)C3)cc(-c3ccccc3)nc2c1. The first-order valence-corrected chi connectivity index (χ1v) is 16.5. The third-order valence-electron chi connectivity index (χ3n) is 9.13. The number of aliphatic carboxylic acids is 1. The van der Waals surface area contributed by atoms with Gasteiger partial charge in [0.25, 0.3) is 0 Å². The molecule has 9 heteroatoms. The maximum atomic E-state index is 14.0. The van der Waals surface area contributed by atoms with Gasteiger partial charge in [-0.2, -0.15) is 0 Å². The van der Waals surface area contributed by atoms with Crippen LogP contribution in [0.3, 0.4) is 0 Å². The highest BCUT2D eigenvalue weighted by atomic mass is 16.5. The number of hydrogen-bond donors (Lipinski definition) is 1. The predicted octanol–water partition coefficient (Wildman–Crippen LogP) is 6.44. The van der Waals surface area contributed by atoms with Crippen molar-refractivity contribution in [2.24, 2.45) is 17.3 Å². The van der Waals surface area contributed by atoms with E-state index in [4.69, 9.17) is 14.5 Å². The quantitative estimate of drug-likeness (QED) is 0.260. The molecule has 3 heterocycles. The van der Waals surface area contributed by atoms with Crippen LogP contribution in [0.25, 0.3) is 22.2 Å². The monoisotopic (exact) mass is 629 g/mol. The second-order valence-electron chi connectivity index (χ2n) is 13.9. The molecule has 0 radical (unpaired) electrons. The molecule has 5 rings (SSSR count). The average Bonchev–Trinajstić information content (AvgIpc) is 3.48. The lowest BCUT2D eigenvalue weighted by Gasteiger charge is -2.33. The van der Waals surface area contributed by atoms with Crippen molar-refractivity contribution in [3.8, 4) is 22.8 Å². The van der Waals surface area contributed by atoms with Crippen LogP contribution < -0.4 is 9.47 Å². The van der Waals surface area contributed by atoms with Crippen LogP contribution in [0.4, 0.5) is 0 Å². The fourth-order valence-corrected chi connectivity index (χ4v) is 6.83. The fraction of sp³-hybridized carbons (Fsp3) is 0.514. The number of carbonyl (C=O) groups excluding carboxylic acids is 2. The molecule has 2 fully saturated rings. The number of carboxylic acid groups (broad SMARTS) is 1. The number of hydrogen-bond acceptors (Lipinski definition) is 6. The minimum absolute atomic E-state index is 0.00427. The Hall–Kier alpha value is -4.14. The van der Waals surface area contributed by atoms with Crippen LogP contribution in [0.2, 0.25) is 0 Å². The van der Waals surface area contributed by atoms with E-state index in [0.717, 1.165) is 54.5 Å². The number of pyridine rings is 1. The van der Waals surface area contributed by atoms with Crippen LogP contribution in [0, 0.1) is 17.3 Å². The molecule has 246 valence electrons. The van der Waals surface area contributed by atoms with E-state index in [1.165, 1.54) is 4.90 Å². The zero-order valence-electron chi connectivity index (χ0n) is 27.5. The minimum atomic E-state index is -1.00. The molecule has 0 bridgehead atoms. The van der Waals surface area contributed by atoms with Gasteiger partial charge in [0.15, 0.2) is 0 Å². The number of carbonyl (C=O) groups is 3. The van der Waals surface area contributed by atoms with Gasteiger partial charge in [0.1, 0.15) is 17.5 Å². The number of piperidine rings is 1. The summed E-state index contributed by atoms with van der Waals surface area (Å²) in [4.78, 5) is 47.9. The molecule has 0 aliphatic carbocycles. The van der Waals surface area contributed by atoms with Gasteiger partial charge in [0.05, 0.1) is 24.9 Å². The summed E-state index contributed by atoms with van der Waals surface area (Å²) in [6, 6.07) is 16.6. The first kappa shape index (κ1) is 33.2. The van der Waals surface area contributed by atoms with Gasteiger partial charge < -0.3 is 24.4 Å². The lowest BCUT2D eigenvalue weighted by Crippen LogP contribution is -2.46. The second-order valence-corrected chi connectivity index (χ2v) is 13.9. The van der Waals surface area contributed by atoms with Crippen molar-refractivity contribution in [1.29, 1.82) is 0 Å². The largest absolute Gasteiger partial charge is 0.497 e. The maximum Gasteiger partial charge on any atom is 0.326 e. The van der Waals surface area contributed by atoms with E-state index in [2.05, 4.69) is 20.8 Å². The molecule has 9 nitrogen and oxygen atoms in total. The number of carboxylic acids is 1. The Kier molecular flexibility index (Phi) is 10.5. The molecular weight excluding hydrogens is 582 g/mol. The van der Waals surface area contributed by atoms with Crippen LogP contribution in [-0.4, -0.2) is 77.1 Å². The lowest BCUT2D eigenvalue weighted by atomic mass is 9.82. The first-order chi connectivity index (χ1) is 22.0. The summed E-state index contributed by atoms with van der Waals surface area (Å²) in [7, 11) is 1.62. The number of fused-ring (bicyclic) bond motifs is 1. The minimum Gasteiger partial charge on any atom is -0.497 e. The summed E-state index contributed by atoms with van der Waals surface area (Å²) < 4.78 is 11.8. The van der Waals surface area contributed by atoms with E-state index in [-0.39, 0.29) is 29.6 Å². The summed E-state index contributed by atoms with van der Waals surface area (Å²) in [6.45, 7) is 8.31. The highest BCUT2D eigenvalue weighted by molar-refractivity contribution is 5.90. The van der Waals surface area contributed by atoms with E-state index in [0.29, 0.717) is 43.9 Å². The summed E-state index contributed by atoms with van der Waals surface area (Å²) >= 11 is 0. The highest BCUT2D eigenvalue weighted by Crippen LogP contribution is 2.35. The number of aromatic nitrogens is 1. The molecule has 1 aromatic heterocycles. The number of amides is 2. The number of methoxy groups -OCH3 is 1. The van der Waals surface area contributed by atoms with E-state index in [1.807, 2.05) is 59.5 Å². The Morgan fingerprint density at radius 1 is 1.02 bits per heavy atom. The molecule has 2 aromatic carbocycles. The summed E-state index contributed by atoms with van der Waals surface area (Å²) in [5, 5.41) is 11.0. The molecule has 2 saturated heterocycles. The van der Waals surface area contributed by atoms with E-state index >= 15 is 0 Å². The molecule has 3 unspecified atom stereocenters. The van der Waals surface area contributed by atoms with Crippen molar-refractivity contribution < 1.29 is 29.0 Å². The maximum absolute atomic E-state index is 14.0. The van der Waals surface area contributed by atoms with Crippen LogP contribution in [0.15, 0.2) is 54.6 Å². The molecule has 0 saturated carbocycles. The van der Waals surface area contributed by atoms with Crippen LogP contribution in [0.1, 0.15) is 65.7 Å². The number of nitrogens with zero attached hydrogens (tertiary/aromatic N) is 3. The lowest BCUT2D eigenvalue weighted by molar-refractivity contribution is -0.151. The molecule has 1 N–H and O–H groups in total. The van der Waals surface area contributed by atoms with Gasteiger partial charge in [-0.25, -0.2) is 9.78 Å². The van der Waals surface area contributed by atoms with Gasteiger partial charge in [-0.05, 0) is 62.0 Å². The van der Waals surface area contributed by atoms with Crippen molar-refractivity contribution in [3.05, 3.63) is 54.6 Å². The van der Waals surface area contributed by atoms with Gasteiger partial charge in [0, 0.05) is 55.1 Å². The standard InChI is InChI=1S/C37H47N3O6/c1-37(2,3)23-27(20-34(41)39-16-9-6-10-17-39)35(42)40-24-25(19-32(40)36(43)44)15-18-46-33-22-30(26-11-7-5-8-12-26)38-31-21-28(45-4)13-14-29(31)33/h5,7-8,11-14,21-22,25,27,32H,6,9-10,15-20,23-24H2,1-4H3,(H,43,44). The zero-order valence-corrected chi connectivity index (χ0v) is 27.5. The van der Waals surface area contributed by atoms with Crippen LogP contribution in [-0.2, 0) is 14.4 Å². The van der Waals surface area contributed by atoms with Gasteiger partial charge in [-0.1, -0.05) is 51.1 Å². The Bertz CT molecular complexity index is 1530. The Labute approximate surface area is 271 Å². The number of likely N-dealkylation sites (tertiary alicyclic amines) is 2. The number of benzene rings is 2. The Morgan fingerprint density at radius 2 is 1.76 bits per heavy atom. The Morgan fingerprint density at radius 3 is 2.43 bits per heavy atom. The Balaban J connectivity index is 1.29. The van der Waals surface area contributed by atoms with E-state index in [1.54, 1.807) is 7.11 Å². The van der Waals surface area contributed by atoms with Crippen molar-refractivity contribution >= 4 is 28.7 Å². The second kappa shape index (κ2) is 14.5. The first-order valence-electron chi connectivity index (χ1n) is 16.5. The molecule has 2 amide bonds. The van der Waals surface area contributed by atoms with Crippen LogP contribution in [0.5, 0.6) is 11.5 Å². The third-order valence-corrected chi connectivity index (χ3v) is 9.13. The molecule has 46 heavy (non-hydrogen) atoms. The predicted molar refractivity (Wildman–Crippen MR) is 178 cm³/mol. The average molecular weight is 630 g/mol. The normalized spacial score (nSPS) is 19.2. The van der Waals surface area contributed by atoms with Gasteiger partial charge in [-0.3, -0.25) is 9.59 Å². The molecule has 2 aliphatic heterocycles. The van der Waals surface area contributed by atoms with Gasteiger partial charge >= 0.3 is 5.97 Å². The van der Waals surface area contributed by atoms with Gasteiger partial charge in [0.2, 0.25) is 11.8 Å². The highest BCUT2D eigenvalue weighted by Gasteiger charge is 2.43. The fourth-order valence-electron chi connectivity index (χ4n) is 6.83. The van der Waals surface area contributed by atoms with Crippen LogP contribution >= 0.6 is 0 Å². The van der Waals surface area contributed by atoms with Gasteiger partial charge in [-0.15, -0.1) is 0 Å². The smallest absolute Gasteiger partial charge is 0.326 e. The third kappa shape index (κ3) is 8.17. The van der Waals surface area contributed by atoms with E-state index < -0.39 is 17.9 Å². The molecule has 2 aliphatic rings. The number of ether oxygens (including phenoxy) is 2. The topological polar surface area (TPSA) is 109 Å². The molecule has 3 atom stereocenters. The van der Waals surface area contributed by atoms with E-state index in [9.17, 15) is 19.5 Å². The summed E-state index contributed by atoms with van der Waals surface area (Å²) in [5.74, 6) is -0.436. The van der Waals surface area contributed by atoms with Crippen molar-refractivity contribution in [2.75, 3.05) is 33.4 Å². The molecular formula is C37H47N3O6. The summed E-state index contributed by atoms with van der Waals surface area (Å²) in [6.07, 6.45) is 4.67. The van der Waals surface area contributed by atoms with Crippen molar-refractivity contribution in [1.82, 2.24) is 14.8 Å². The number of rotatable bonds is 11. The molecule has 3 aromatic rings. The summed E-state index contributed by atoms with van der Waals surface area (Å²) in [5.41, 5.74) is 2.31. The van der Waals surface area contributed by atoms with Crippen molar-refractivity contribution in [2.45, 2.75) is 71.8 Å².